The Hall–Kier alpha value is -3.08. The number of aliphatic hydroxyl groups is 2. The van der Waals surface area contributed by atoms with Gasteiger partial charge in [0.15, 0.2) is 17.4 Å². The van der Waals surface area contributed by atoms with Gasteiger partial charge in [-0.05, 0) is 11.8 Å². The molecular formula is C22H25N9O12P2S. The second-order valence-electron chi connectivity index (χ2n) is 10.5. The van der Waals surface area contributed by atoms with E-state index in [1.54, 1.807) is 0 Å². The van der Waals surface area contributed by atoms with Crippen molar-refractivity contribution < 1.29 is 52.1 Å². The molecule has 0 aromatic carbocycles. The number of anilines is 2. The molecule has 0 aliphatic carbocycles. The average molecular weight is 702 g/mol. The maximum absolute atomic E-state index is 13.2. The molecule has 4 aromatic rings. The van der Waals surface area contributed by atoms with Crippen LogP contribution in [0.1, 0.15) is 17.9 Å². The van der Waals surface area contributed by atoms with Gasteiger partial charge in [-0.25, -0.2) is 19.5 Å². The zero-order chi connectivity index (χ0) is 32.5. The number of rotatable bonds is 2. The fourth-order valence-electron chi connectivity index (χ4n) is 5.51. The number of nitrogens with one attached hydrogen (secondary N) is 1. The van der Waals surface area contributed by atoms with Crippen molar-refractivity contribution in [1.29, 1.82) is 0 Å². The number of nitrogen functional groups attached to an aromatic ring is 2. The summed E-state index contributed by atoms with van der Waals surface area (Å²) in [5.41, 5.74) is 11.3. The van der Waals surface area contributed by atoms with Gasteiger partial charge in [0.05, 0.1) is 30.4 Å². The van der Waals surface area contributed by atoms with E-state index in [1.807, 2.05) is 0 Å². The number of aromatic amines is 1. The third kappa shape index (κ3) is 5.60. The monoisotopic (exact) mass is 701 g/mol. The summed E-state index contributed by atoms with van der Waals surface area (Å²) in [7, 11) is -5.02. The predicted molar refractivity (Wildman–Crippen MR) is 156 cm³/mol. The first-order valence-electron chi connectivity index (χ1n) is 13.4. The third-order valence-corrected chi connectivity index (χ3v) is 10.1. The minimum atomic E-state index is -5.02. The number of phosphoric ester groups is 1. The van der Waals surface area contributed by atoms with Crippen molar-refractivity contribution in [3.05, 3.63) is 41.0 Å². The van der Waals surface area contributed by atoms with Crippen LogP contribution < -0.4 is 17.0 Å². The smallest absolute Gasteiger partial charge is 0.387 e. The van der Waals surface area contributed by atoms with Gasteiger partial charge in [-0.3, -0.25) is 32.9 Å². The van der Waals surface area contributed by atoms with Gasteiger partial charge in [0.2, 0.25) is 5.95 Å². The van der Waals surface area contributed by atoms with Crippen LogP contribution in [0.4, 0.5) is 11.8 Å². The largest absolute Gasteiger partial charge is 0.472 e. The second kappa shape index (κ2) is 11.6. The molecule has 46 heavy (non-hydrogen) atoms. The van der Waals surface area contributed by atoms with Crippen molar-refractivity contribution >= 4 is 60.2 Å². The Morgan fingerprint density at radius 1 is 0.978 bits per heavy atom. The number of ether oxygens (including phenoxy) is 2. The Bertz CT molecular complexity index is 1980. The van der Waals surface area contributed by atoms with Gasteiger partial charge in [-0.2, -0.15) is 4.98 Å². The number of fused-ring (bicyclic) bond motifs is 5. The molecule has 9 N–H and O–H groups in total. The Morgan fingerprint density at radius 2 is 1.76 bits per heavy atom. The molecule has 7 rings (SSSR count). The lowest BCUT2D eigenvalue weighted by Gasteiger charge is -2.27. The maximum atomic E-state index is 13.2. The molecule has 7 heterocycles. The number of hydrogen-bond acceptors (Lipinski definition) is 18. The summed E-state index contributed by atoms with van der Waals surface area (Å²) in [4.78, 5) is 56.7. The zero-order valence-corrected chi connectivity index (χ0v) is 25.6. The quantitative estimate of drug-likeness (QED) is 0.117. The van der Waals surface area contributed by atoms with E-state index >= 15 is 0 Å². The van der Waals surface area contributed by atoms with Crippen molar-refractivity contribution in [2.24, 2.45) is 0 Å². The number of nitrogens with zero attached hydrogens (tertiary/aromatic N) is 6. The predicted octanol–water partition coefficient (Wildman–Crippen LogP) is -1.48. The van der Waals surface area contributed by atoms with Crippen molar-refractivity contribution in [3.63, 3.8) is 0 Å². The van der Waals surface area contributed by atoms with Crippen LogP contribution in [-0.4, -0.2) is 104 Å². The summed E-state index contributed by atoms with van der Waals surface area (Å²) in [5, 5.41) is 22.8. The maximum Gasteiger partial charge on any atom is 0.472 e. The lowest BCUT2D eigenvalue weighted by Crippen LogP contribution is -2.36. The molecule has 0 radical (unpaired) electrons. The normalized spacial score (nSPS) is 37.0. The summed E-state index contributed by atoms with van der Waals surface area (Å²) in [5.74, 6) is -0.125. The minimum absolute atomic E-state index is 0.0600. The molecule has 6 unspecified atom stereocenters. The molecule has 24 heteroatoms. The third-order valence-electron chi connectivity index (χ3n) is 7.60. The molecule has 246 valence electrons. The number of hydrogen-bond donors (Lipinski definition) is 7. The number of nitrogens with two attached hydrogens (primary N) is 2. The molecule has 0 spiro atoms. The van der Waals surface area contributed by atoms with Crippen LogP contribution in [0.3, 0.4) is 0 Å². The van der Waals surface area contributed by atoms with Gasteiger partial charge >= 0.3 is 14.5 Å². The fourth-order valence-corrected chi connectivity index (χ4v) is 7.89. The highest BCUT2D eigenvalue weighted by atomic mass is 32.5. The Morgan fingerprint density at radius 3 is 2.57 bits per heavy atom. The molecule has 0 saturated carbocycles. The van der Waals surface area contributed by atoms with Gasteiger partial charge in [0.1, 0.15) is 54.9 Å². The zero-order valence-electron chi connectivity index (χ0n) is 23.0. The number of phosphoric acid groups is 1. The topological polar surface area (TPSA) is 308 Å². The Balaban J connectivity index is 1.21. The molecule has 21 nitrogen and oxygen atoms in total. The molecule has 4 aromatic heterocycles. The summed E-state index contributed by atoms with van der Waals surface area (Å²) in [6.45, 7) is -5.66. The molecule has 3 aliphatic rings. The van der Waals surface area contributed by atoms with Crippen LogP contribution in [-0.2, 0) is 43.9 Å². The van der Waals surface area contributed by atoms with Crippen LogP contribution in [0.5, 0.6) is 0 Å². The molecule has 10 atom stereocenters. The van der Waals surface area contributed by atoms with E-state index in [-0.39, 0.29) is 28.5 Å². The standard InChI is InChI=1S/C22H25N9O12P2S/c23-18-8-2-25-1-7(11(8)26-5-27-18)15-14(33)16-10(40-15)4-39-45(37,46)43-17-13(32)9(3-38-44(35,36)42-16)41-21(17)31-6-28-12-19(31)29-22(24)30-20(12)34/h1-2,5-6,9-10,13-17,21,32-33H,3-4H2,(H,35,36)(H,37,46)(H2,23,26,27)(H3,24,29,30,34)/t9-,10-,13?,14?,15+,16?,17?,21-,45?/m1/s1. The SMILES string of the molecule is Nc1nc2c(ncn2[C@@H]2O[C@@H]3COP(=O)(O)OC4C(O)[C@H](c5cncc6c(N)ncnc56)O[C@@H]4COP(O)(=S)OC2C3O)c(=O)[nH]1. The van der Waals surface area contributed by atoms with E-state index < -0.39 is 82.3 Å². The van der Waals surface area contributed by atoms with Gasteiger partial charge < -0.3 is 45.5 Å². The average Bonchev–Trinajstić information content (AvgIpc) is 3.64. The molecule has 3 fully saturated rings. The van der Waals surface area contributed by atoms with Crippen molar-refractivity contribution in [3.8, 4) is 0 Å². The molecule has 0 amide bonds. The number of H-pyrrole nitrogens is 1. The lowest BCUT2D eigenvalue weighted by atomic mass is 10.0. The highest BCUT2D eigenvalue weighted by Gasteiger charge is 2.53. The van der Waals surface area contributed by atoms with Gasteiger partial charge in [0, 0.05) is 18.0 Å². The van der Waals surface area contributed by atoms with E-state index in [1.165, 1.54) is 23.3 Å². The number of pyridine rings is 1. The lowest BCUT2D eigenvalue weighted by molar-refractivity contribution is -0.0607. The van der Waals surface area contributed by atoms with E-state index in [2.05, 4.69) is 29.9 Å². The summed E-state index contributed by atoms with van der Waals surface area (Å²) < 4.78 is 48.0. The Labute approximate surface area is 261 Å². The minimum Gasteiger partial charge on any atom is -0.387 e. The molecule has 3 saturated heterocycles. The first kappa shape index (κ1) is 31.5. The highest BCUT2D eigenvalue weighted by Crippen LogP contribution is 2.54. The van der Waals surface area contributed by atoms with Crippen LogP contribution in [0, 0.1) is 0 Å². The number of aromatic nitrogens is 7. The Kier molecular flexibility index (Phi) is 7.92. The van der Waals surface area contributed by atoms with E-state index in [0.717, 1.165) is 6.33 Å². The van der Waals surface area contributed by atoms with Crippen molar-refractivity contribution in [1.82, 2.24) is 34.5 Å². The second-order valence-corrected chi connectivity index (χ2v) is 14.7. The molecule has 2 bridgehead atoms. The molecular weight excluding hydrogens is 676 g/mol. The van der Waals surface area contributed by atoms with Crippen LogP contribution in [0.25, 0.3) is 22.1 Å². The van der Waals surface area contributed by atoms with Crippen LogP contribution in [0.2, 0.25) is 0 Å². The summed E-state index contributed by atoms with van der Waals surface area (Å²) in [6, 6.07) is 0. The van der Waals surface area contributed by atoms with E-state index in [4.69, 9.17) is 50.8 Å². The van der Waals surface area contributed by atoms with Gasteiger partial charge in [-0.15, -0.1) is 0 Å². The summed E-state index contributed by atoms with van der Waals surface area (Å²) >= 11 is 5.23. The first-order valence-corrected chi connectivity index (χ1v) is 17.5. The fraction of sp³-hybridized carbons (Fsp3) is 0.455. The van der Waals surface area contributed by atoms with Crippen molar-refractivity contribution in [2.45, 2.75) is 49.0 Å². The van der Waals surface area contributed by atoms with Gasteiger partial charge in [-0.1, -0.05) is 0 Å². The summed E-state index contributed by atoms with van der Waals surface area (Å²) in [6.07, 6.45) is -6.50. The first-order chi connectivity index (χ1) is 21.8. The van der Waals surface area contributed by atoms with Crippen LogP contribution in [0.15, 0.2) is 29.8 Å². The number of aliphatic hydroxyl groups excluding tert-OH is 2. The van der Waals surface area contributed by atoms with Gasteiger partial charge in [0.25, 0.3) is 5.56 Å². The highest BCUT2D eigenvalue weighted by molar-refractivity contribution is 8.07. The van der Waals surface area contributed by atoms with E-state index in [0.29, 0.717) is 10.9 Å². The van der Waals surface area contributed by atoms with Crippen molar-refractivity contribution in [2.75, 3.05) is 24.7 Å². The number of imidazole rings is 1. The van der Waals surface area contributed by atoms with Crippen LogP contribution >= 0.6 is 14.5 Å². The van der Waals surface area contributed by atoms with E-state index in [9.17, 15) is 29.4 Å². The molecule has 3 aliphatic heterocycles.